The molecule has 0 unspecified atom stereocenters. The van der Waals surface area contributed by atoms with Crippen LogP contribution >= 0.6 is 0 Å². The van der Waals surface area contributed by atoms with Crippen LogP contribution in [0.25, 0.3) is 0 Å². The lowest BCUT2D eigenvalue weighted by molar-refractivity contribution is 0.402. The summed E-state index contributed by atoms with van der Waals surface area (Å²) >= 11 is 0. The topological polar surface area (TPSA) is 63.6 Å². The fourth-order valence-corrected chi connectivity index (χ4v) is 2.24. The number of hydrogen-bond donors (Lipinski definition) is 1. The van der Waals surface area contributed by atoms with Crippen molar-refractivity contribution in [3.05, 3.63) is 48.3 Å². The first kappa shape index (κ1) is 21.2. The third-order valence-corrected chi connectivity index (χ3v) is 4.02. The maximum atomic E-state index is 4.00. The van der Waals surface area contributed by atoms with Crippen molar-refractivity contribution in [2.45, 2.75) is 59.3 Å². The van der Waals surface area contributed by atoms with E-state index < -0.39 is 0 Å². The number of aromatic nitrogens is 4. The van der Waals surface area contributed by atoms with Crippen molar-refractivity contribution in [2.75, 3.05) is 13.1 Å². The van der Waals surface area contributed by atoms with E-state index in [0.717, 1.165) is 11.7 Å². The third-order valence-electron chi connectivity index (χ3n) is 4.02. The largest absolute Gasteiger partial charge is 0.317 e. The van der Waals surface area contributed by atoms with Gasteiger partial charge in [-0.25, -0.2) is 4.98 Å². The monoisotopic (exact) mass is 343 g/mol. The molecular formula is C20H33N5. The lowest BCUT2D eigenvalue weighted by Gasteiger charge is -2.17. The van der Waals surface area contributed by atoms with Crippen molar-refractivity contribution in [3.63, 3.8) is 0 Å². The lowest BCUT2D eigenvalue weighted by atomic mass is 10.0. The van der Waals surface area contributed by atoms with Gasteiger partial charge in [-0.15, -0.1) is 5.10 Å². The van der Waals surface area contributed by atoms with E-state index in [0.29, 0.717) is 11.8 Å². The fourth-order valence-electron chi connectivity index (χ4n) is 2.24. The van der Waals surface area contributed by atoms with E-state index >= 15 is 0 Å². The van der Waals surface area contributed by atoms with Gasteiger partial charge >= 0.3 is 0 Å². The van der Waals surface area contributed by atoms with Crippen molar-refractivity contribution < 1.29 is 0 Å². The highest BCUT2D eigenvalue weighted by Gasteiger charge is 2.05. The van der Waals surface area contributed by atoms with Crippen molar-refractivity contribution in [1.29, 1.82) is 0 Å². The summed E-state index contributed by atoms with van der Waals surface area (Å²) in [5, 5.41) is 10.8. The Morgan fingerprint density at radius 3 is 1.88 bits per heavy atom. The van der Waals surface area contributed by atoms with Gasteiger partial charge in [0, 0.05) is 24.5 Å². The van der Waals surface area contributed by atoms with Crippen LogP contribution in [0.15, 0.2) is 36.9 Å². The zero-order valence-corrected chi connectivity index (χ0v) is 16.3. The van der Waals surface area contributed by atoms with E-state index in [-0.39, 0.29) is 0 Å². The third kappa shape index (κ3) is 9.87. The van der Waals surface area contributed by atoms with Crippen molar-refractivity contribution >= 4 is 0 Å². The quantitative estimate of drug-likeness (QED) is 0.885. The first-order valence-electron chi connectivity index (χ1n) is 9.25. The van der Waals surface area contributed by atoms with Crippen LogP contribution in [0.5, 0.6) is 0 Å². The molecule has 25 heavy (non-hydrogen) atoms. The van der Waals surface area contributed by atoms with Gasteiger partial charge in [-0.2, -0.15) is 5.10 Å². The van der Waals surface area contributed by atoms with Crippen LogP contribution < -0.4 is 5.32 Å². The second-order valence-corrected chi connectivity index (χ2v) is 7.02. The minimum Gasteiger partial charge on any atom is -0.317 e. The SMILES string of the molecule is CC(C)c1ccncc1.CC(C)c1nccnn1.CC1CCNCC1. The molecule has 0 atom stereocenters. The zero-order chi connectivity index (χ0) is 18.5. The van der Waals surface area contributed by atoms with Crippen LogP contribution in [0, 0.1) is 5.92 Å². The molecule has 3 heterocycles. The van der Waals surface area contributed by atoms with Gasteiger partial charge in [0.1, 0.15) is 0 Å². The summed E-state index contributed by atoms with van der Waals surface area (Å²) in [4.78, 5) is 7.93. The molecule has 0 bridgehead atoms. The molecule has 0 radical (unpaired) electrons. The Morgan fingerprint density at radius 2 is 1.56 bits per heavy atom. The van der Waals surface area contributed by atoms with Gasteiger partial charge < -0.3 is 5.32 Å². The minimum atomic E-state index is 0.374. The Morgan fingerprint density at radius 1 is 0.920 bits per heavy atom. The Kier molecular flexibility index (Phi) is 10.6. The van der Waals surface area contributed by atoms with Gasteiger partial charge in [0.25, 0.3) is 0 Å². The maximum Gasteiger partial charge on any atom is 0.153 e. The maximum absolute atomic E-state index is 4.00. The van der Waals surface area contributed by atoms with Gasteiger partial charge in [-0.1, -0.05) is 34.6 Å². The Bertz CT molecular complexity index is 493. The lowest BCUT2D eigenvalue weighted by Crippen LogP contribution is -2.26. The average Bonchev–Trinajstić information content (AvgIpc) is 2.65. The Labute approximate surface area is 152 Å². The van der Waals surface area contributed by atoms with E-state index in [1.54, 1.807) is 12.4 Å². The standard InChI is InChI=1S/C8H11N.C6H9N3.C6H13N/c1-7(2)8-3-5-9-6-4-8;1-5(2)6-7-3-4-8-9-6;1-6-2-4-7-5-3-6/h3-7H,1-2H3;3-5H,1-2H3;6-7H,2-5H2,1H3. The summed E-state index contributed by atoms with van der Waals surface area (Å²) in [6, 6.07) is 4.09. The van der Waals surface area contributed by atoms with E-state index in [2.05, 4.69) is 46.3 Å². The minimum absolute atomic E-state index is 0.374. The van der Waals surface area contributed by atoms with Gasteiger partial charge in [0.05, 0.1) is 6.20 Å². The number of rotatable bonds is 2. The average molecular weight is 344 g/mol. The van der Waals surface area contributed by atoms with Crippen LogP contribution in [0.1, 0.15) is 70.7 Å². The number of hydrogen-bond acceptors (Lipinski definition) is 5. The van der Waals surface area contributed by atoms with Crippen LogP contribution in [0.3, 0.4) is 0 Å². The number of piperidine rings is 1. The van der Waals surface area contributed by atoms with Gasteiger partial charge in [-0.05, 0) is 55.5 Å². The van der Waals surface area contributed by atoms with Crippen molar-refractivity contribution in [2.24, 2.45) is 5.92 Å². The fraction of sp³-hybridized carbons (Fsp3) is 0.600. The predicted molar refractivity (Wildman–Crippen MR) is 104 cm³/mol. The van der Waals surface area contributed by atoms with Crippen molar-refractivity contribution in [3.8, 4) is 0 Å². The van der Waals surface area contributed by atoms with Crippen molar-refractivity contribution in [1.82, 2.24) is 25.5 Å². The molecular weight excluding hydrogens is 310 g/mol. The molecule has 2 aromatic heterocycles. The highest BCUT2D eigenvalue weighted by atomic mass is 15.1. The smallest absolute Gasteiger partial charge is 0.153 e. The summed E-state index contributed by atoms with van der Waals surface area (Å²) in [5.74, 6) is 2.77. The molecule has 1 fully saturated rings. The molecule has 1 aliphatic rings. The molecule has 0 amide bonds. The number of nitrogens with zero attached hydrogens (tertiary/aromatic N) is 4. The summed E-state index contributed by atoms with van der Waals surface area (Å²) in [6.07, 6.45) is 9.64. The molecule has 5 heteroatoms. The molecule has 0 aromatic carbocycles. The molecule has 138 valence electrons. The normalized spacial score (nSPS) is 14.4. The molecule has 0 aliphatic carbocycles. The van der Waals surface area contributed by atoms with Crippen LogP contribution in [-0.4, -0.2) is 33.3 Å². The van der Waals surface area contributed by atoms with E-state index in [1.165, 1.54) is 31.5 Å². The molecule has 0 saturated carbocycles. The number of nitrogens with one attached hydrogen (secondary N) is 1. The first-order valence-corrected chi connectivity index (χ1v) is 9.25. The highest BCUT2D eigenvalue weighted by molar-refractivity contribution is 5.13. The van der Waals surface area contributed by atoms with Gasteiger partial charge in [0.15, 0.2) is 5.82 Å². The predicted octanol–water partition coefficient (Wildman–Crippen LogP) is 4.21. The second kappa shape index (κ2) is 12.5. The molecule has 0 spiro atoms. The second-order valence-electron chi connectivity index (χ2n) is 7.02. The molecule has 1 N–H and O–H groups in total. The van der Waals surface area contributed by atoms with E-state index in [9.17, 15) is 0 Å². The van der Waals surface area contributed by atoms with Crippen LogP contribution in [0.2, 0.25) is 0 Å². The molecule has 1 saturated heterocycles. The first-order chi connectivity index (χ1) is 12.0. The molecule has 2 aromatic rings. The summed E-state index contributed by atoms with van der Waals surface area (Å²) in [6.45, 7) is 13.2. The van der Waals surface area contributed by atoms with E-state index in [4.69, 9.17) is 0 Å². The van der Waals surface area contributed by atoms with E-state index in [1.807, 2.05) is 38.4 Å². The summed E-state index contributed by atoms with van der Waals surface area (Å²) < 4.78 is 0. The molecule has 5 nitrogen and oxygen atoms in total. The van der Waals surface area contributed by atoms with Gasteiger partial charge in [-0.3, -0.25) is 4.98 Å². The van der Waals surface area contributed by atoms with Gasteiger partial charge in [0.2, 0.25) is 0 Å². The van der Waals surface area contributed by atoms with Crippen LogP contribution in [0.4, 0.5) is 0 Å². The Balaban J connectivity index is 0.000000189. The molecule has 1 aliphatic heterocycles. The Hall–Kier alpha value is -1.88. The number of pyridine rings is 1. The highest BCUT2D eigenvalue weighted by Crippen LogP contribution is 2.10. The summed E-state index contributed by atoms with van der Waals surface area (Å²) in [7, 11) is 0. The zero-order valence-electron chi connectivity index (χ0n) is 16.3. The summed E-state index contributed by atoms with van der Waals surface area (Å²) in [5.41, 5.74) is 1.35. The van der Waals surface area contributed by atoms with Crippen LogP contribution in [-0.2, 0) is 0 Å². The molecule has 3 rings (SSSR count).